The Morgan fingerprint density at radius 3 is 2.78 bits per heavy atom. The summed E-state index contributed by atoms with van der Waals surface area (Å²) in [6.45, 7) is 4.77. The van der Waals surface area contributed by atoms with E-state index in [1.807, 2.05) is 0 Å². The molecule has 1 rings (SSSR count). The molecule has 1 aliphatic carbocycles. The predicted molar refractivity (Wildman–Crippen MR) is 84.9 cm³/mol. The zero-order valence-corrected chi connectivity index (χ0v) is 13.8. The highest BCUT2D eigenvalue weighted by Crippen LogP contribution is 2.31. The molecule has 0 aromatic heterocycles. The van der Waals surface area contributed by atoms with Gasteiger partial charge in [0.1, 0.15) is 18.4 Å². The van der Waals surface area contributed by atoms with E-state index in [1.165, 1.54) is 24.8 Å². The maximum atomic E-state index is 11.8. The second-order valence-corrected chi connectivity index (χ2v) is 6.34. The zero-order valence-electron chi connectivity index (χ0n) is 12.9. The predicted octanol–water partition coefficient (Wildman–Crippen LogP) is 0.633. The van der Waals surface area contributed by atoms with Crippen LogP contribution in [0, 0.1) is 11.8 Å². The summed E-state index contributed by atoms with van der Waals surface area (Å²) < 4.78 is 4.91. The van der Waals surface area contributed by atoms with Gasteiger partial charge in [-0.15, -0.1) is 0 Å². The Morgan fingerprint density at radius 2 is 2.22 bits per heavy atom. The number of carbonyl (C=O) groups excluding carboxylic acids is 3. The molecule has 0 saturated heterocycles. The van der Waals surface area contributed by atoms with Gasteiger partial charge in [-0.1, -0.05) is 12.7 Å². The van der Waals surface area contributed by atoms with E-state index in [-0.39, 0.29) is 30.5 Å². The first kappa shape index (κ1) is 19.2. The van der Waals surface area contributed by atoms with Crippen LogP contribution >= 0.6 is 11.8 Å². The smallest absolute Gasteiger partial charge is 0.329 e. The van der Waals surface area contributed by atoms with Crippen LogP contribution in [0.3, 0.4) is 0 Å². The van der Waals surface area contributed by atoms with Gasteiger partial charge in [-0.3, -0.25) is 14.4 Å². The lowest BCUT2D eigenvalue weighted by atomic mass is 9.98. The van der Waals surface area contributed by atoms with Gasteiger partial charge < -0.3 is 15.2 Å². The number of aliphatic carboxylic acids is 1. The molecule has 0 heterocycles. The van der Waals surface area contributed by atoms with Gasteiger partial charge in [0.2, 0.25) is 5.91 Å². The second-order valence-electron chi connectivity index (χ2n) is 5.27. The fourth-order valence-electron chi connectivity index (χ4n) is 2.38. The number of amides is 1. The number of ether oxygens (including phenoxy) is 1. The average Bonchev–Trinajstić information content (AvgIpc) is 2.84. The van der Waals surface area contributed by atoms with Crippen LogP contribution < -0.4 is 5.32 Å². The zero-order chi connectivity index (χ0) is 17.4. The number of hydrogen-bond donors (Lipinski definition) is 2. The van der Waals surface area contributed by atoms with Gasteiger partial charge in [0, 0.05) is 30.8 Å². The molecule has 23 heavy (non-hydrogen) atoms. The number of esters is 1. The highest BCUT2D eigenvalue weighted by Gasteiger charge is 2.39. The maximum absolute atomic E-state index is 11.8. The Kier molecular flexibility index (Phi) is 7.80. The molecular weight excluding hydrogens is 322 g/mol. The minimum Gasteiger partial charge on any atom is -0.481 e. The summed E-state index contributed by atoms with van der Waals surface area (Å²) in [6.07, 6.45) is 2.05. The minimum atomic E-state index is -0.967. The molecule has 3 atom stereocenters. The van der Waals surface area contributed by atoms with Crippen molar-refractivity contribution < 1.29 is 29.0 Å². The van der Waals surface area contributed by atoms with E-state index in [1.54, 1.807) is 0 Å². The summed E-state index contributed by atoms with van der Waals surface area (Å²) in [4.78, 5) is 45.9. The van der Waals surface area contributed by atoms with E-state index in [9.17, 15) is 19.2 Å². The molecule has 0 aliphatic heterocycles. The molecule has 0 spiro atoms. The molecule has 128 valence electrons. The third kappa shape index (κ3) is 6.05. The third-order valence-corrected chi connectivity index (χ3v) is 4.67. The van der Waals surface area contributed by atoms with Gasteiger partial charge in [-0.2, -0.15) is 11.8 Å². The van der Waals surface area contributed by atoms with Crippen molar-refractivity contribution in [2.45, 2.75) is 25.8 Å². The average molecular weight is 343 g/mol. The van der Waals surface area contributed by atoms with Gasteiger partial charge in [0.25, 0.3) is 0 Å². The van der Waals surface area contributed by atoms with E-state index < -0.39 is 29.8 Å². The number of thioether (sulfide) groups is 1. The number of rotatable bonds is 9. The maximum Gasteiger partial charge on any atom is 0.329 e. The van der Waals surface area contributed by atoms with E-state index in [4.69, 9.17) is 9.84 Å². The lowest BCUT2D eigenvalue weighted by molar-refractivity contribution is -0.146. The highest BCUT2D eigenvalue weighted by atomic mass is 32.2. The summed E-state index contributed by atoms with van der Waals surface area (Å²) in [5.41, 5.74) is 0. The number of nitrogens with one attached hydrogen (secondary N) is 1. The number of carbonyl (C=O) groups is 4. The number of ketones is 1. The summed E-state index contributed by atoms with van der Waals surface area (Å²) in [7, 11) is 0. The van der Waals surface area contributed by atoms with Crippen LogP contribution in [-0.4, -0.2) is 52.9 Å². The lowest BCUT2D eigenvalue weighted by Gasteiger charge is -2.18. The molecule has 0 bridgehead atoms. The number of carboxylic acid groups (broad SMARTS) is 1. The van der Waals surface area contributed by atoms with Crippen LogP contribution in [0.1, 0.15) is 19.8 Å². The van der Waals surface area contributed by atoms with Crippen LogP contribution in [-0.2, 0) is 23.9 Å². The summed E-state index contributed by atoms with van der Waals surface area (Å²) in [5.74, 6) is -2.67. The quantitative estimate of drug-likeness (QED) is 0.467. The normalized spacial score (nSPS) is 21.5. The molecule has 8 heteroatoms. The molecule has 0 radical (unpaired) electrons. The number of carboxylic acids is 1. The molecule has 1 fully saturated rings. The van der Waals surface area contributed by atoms with Crippen LogP contribution in [0.2, 0.25) is 0 Å². The summed E-state index contributed by atoms with van der Waals surface area (Å²) in [5, 5.41) is 11.6. The first-order valence-corrected chi connectivity index (χ1v) is 8.40. The highest BCUT2D eigenvalue weighted by molar-refractivity contribution is 7.99. The van der Waals surface area contributed by atoms with Crippen molar-refractivity contribution in [2.24, 2.45) is 11.8 Å². The molecule has 1 aliphatic rings. The Bertz CT molecular complexity index is 492. The third-order valence-electron chi connectivity index (χ3n) is 3.51. The van der Waals surface area contributed by atoms with Crippen molar-refractivity contribution >= 4 is 35.4 Å². The molecule has 0 aromatic rings. The van der Waals surface area contributed by atoms with Gasteiger partial charge in [-0.25, -0.2) is 4.79 Å². The molecule has 1 unspecified atom stereocenters. The van der Waals surface area contributed by atoms with Crippen molar-refractivity contribution in [2.75, 3.05) is 18.1 Å². The number of Topliss-reactive ketones (excluding diaryl/α,β-unsaturated/α-hetero) is 1. The fourth-order valence-corrected chi connectivity index (χ4v) is 3.65. The molecule has 7 nitrogen and oxygen atoms in total. The van der Waals surface area contributed by atoms with Gasteiger partial charge in [-0.05, 0) is 6.42 Å². The topological polar surface area (TPSA) is 110 Å². The SMILES string of the molecule is C=CCOC(=O)C(CSC[C@@H]1C(=O)CC[C@H]1C(=O)O)NC(C)=O. The molecule has 1 amide bonds. The van der Waals surface area contributed by atoms with Crippen LogP contribution in [0.15, 0.2) is 12.7 Å². The summed E-state index contributed by atoms with van der Waals surface area (Å²) in [6, 6.07) is -0.836. The molecule has 2 N–H and O–H groups in total. The van der Waals surface area contributed by atoms with Gasteiger partial charge in [0.15, 0.2) is 0 Å². The molecule has 0 aromatic carbocycles. The van der Waals surface area contributed by atoms with Crippen LogP contribution in [0.4, 0.5) is 0 Å². The fraction of sp³-hybridized carbons (Fsp3) is 0.600. The van der Waals surface area contributed by atoms with Crippen molar-refractivity contribution in [1.82, 2.24) is 5.32 Å². The lowest BCUT2D eigenvalue weighted by Crippen LogP contribution is -2.43. The van der Waals surface area contributed by atoms with Crippen LogP contribution in [0.25, 0.3) is 0 Å². The van der Waals surface area contributed by atoms with Gasteiger partial charge >= 0.3 is 11.9 Å². The van der Waals surface area contributed by atoms with E-state index in [2.05, 4.69) is 11.9 Å². The van der Waals surface area contributed by atoms with Crippen LogP contribution in [0.5, 0.6) is 0 Å². The minimum absolute atomic E-state index is 0.0434. The largest absolute Gasteiger partial charge is 0.481 e. The Balaban J connectivity index is 2.55. The second kappa shape index (κ2) is 9.34. The summed E-state index contributed by atoms with van der Waals surface area (Å²) >= 11 is 1.26. The first-order valence-electron chi connectivity index (χ1n) is 7.24. The standard InChI is InChI=1S/C15H21NO6S/c1-3-6-22-15(21)12(16-9(2)17)8-23-7-11-10(14(19)20)4-5-13(11)18/h3,10-12H,1,4-8H2,2H3,(H,16,17)(H,19,20)/t10-,11+,12?/m1/s1. The first-order chi connectivity index (χ1) is 10.9. The van der Waals surface area contributed by atoms with E-state index in [0.717, 1.165) is 0 Å². The molecular formula is C15H21NO6S. The van der Waals surface area contributed by atoms with Gasteiger partial charge in [0.05, 0.1) is 5.92 Å². The monoisotopic (exact) mass is 343 g/mol. The Hall–Kier alpha value is -1.83. The van der Waals surface area contributed by atoms with E-state index >= 15 is 0 Å². The van der Waals surface area contributed by atoms with Crippen molar-refractivity contribution in [3.05, 3.63) is 12.7 Å². The van der Waals surface area contributed by atoms with E-state index in [0.29, 0.717) is 12.2 Å². The molecule has 1 saturated carbocycles. The van der Waals surface area contributed by atoms with Crippen molar-refractivity contribution in [1.29, 1.82) is 0 Å². The Labute approximate surface area is 138 Å². The van der Waals surface area contributed by atoms with Crippen molar-refractivity contribution in [3.8, 4) is 0 Å². The number of hydrogen-bond acceptors (Lipinski definition) is 6. The van der Waals surface area contributed by atoms with Crippen molar-refractivity contribution in [3.63, 3.8) is 0 Å². The Morgan fingerprint density at radius 1 is 1.52 bits per heavy atom.